The number of aryl methyl sites for hydroxylation is 1. The van der Waals surface area contributed by atoms with Crippen LogP contribution in [0.25, 0.3) is 33.6 Å². The molecule has 5 rings (SSSR count). The van der Waals surface area contributed by atoms with Gasteiger partial charge in [0.25, 0.3) is 5.91 Å². The van der Waals surface area contributed by atoms with E-state index in [4.69, 9.17) is 4.42 Å². The van der Waals surface area contributed by atoms with Crippen LogP contribution in [0, 0.1) is 12.8 Å². The third kappa shape index (κ3) is 5.16. The number of amides is 1. The maximum absolute atomic E-state index is 12.7. The monoisotopic (exact) mass is 492 g/mol. The van der Waals surface area contributed by atoms with E-state index >= 15 is 0 Å². The van der Waals surface area contributed by atoms with Crippen molar-refractivity contribution in [1.29, 1.82) is 0 Å². The normalized spacial score (nSPS) is 11.1. The van der Waals surface area contributed by atoms with Crippen molar-refractivity contribution in [2.45, 2.75) is 20.8 Å². The topological polar surface area (TPSA) is 100 Å². The van der Waals surface area contributed by atoms with Crippen molar-refractivity contribution in [3.63, 3.8) is 0 Å². The summed E-state index contributed by atoms with van der Waals surface area (Å²) in [6, 6.07) is 22.0. The van der Waals surface area contributed by atoms with Crippen LogP contribution in [0.3, 0.4) is 0 Å². The van der Waals surface area contributed by atoms with Gasteiger partial charge in [-0.1, -0.05) is 43.7 Å². The molecule has 7 heteroatoms. The number of carbonyl (C=O) groups excluding carboxylic acids is 1. The van der Waals surface area contributed by atoms with Gasteiger partial charge in [-0.2, -0.15) is 0 Å². The van der Waals surface area contributed by atoms with Crippen molar-refractivity contribution in [3.05, 3.63) is 90.3 Å². The molecule has 0 saturated heterocycles. The molecule has 0 saturated carbocycles. The molecule has 0 aliphatic rings. The predicted molar refractivity (Wildman–Crippen MR) is 147 cm³/mol. The second kappa shape index (κ2) is 10.1. The Labute approximate surface area is 215 Å². The highest BCUT2D eigenvalue weighted by molar-refractivity contribution is 6.07. The number of aromatic hydroxyl groups is 1. The molecule has 3 aromatic carbocycles. The number of furan rings is 1. The Morgan fingerprint density at radius 3 is 2.49 bits per heavy atom. The second-order valence-electron chi connectivity index (χ2n) is 9.43. The van der Waals surface area contributed by atoms with Gasteiger partial charge >= 0.3 is 0 Å². The number of nitrogens with one attached hydrogen (secondary N) is 2. The molecule has 0 spiro atoms. The fourth-order valence-corrected chi connectivity index (χ4v) is 4.20. The number of rotatable bonds is 7. The van der Waals surface area contributed by atoms with E-state index in [1.54, 1.807) is 24.3 Å². The summed E-state index contributed by atoms with van der Waals surface area (Å²) >= 11 is 0. The molecule has 0 fully saturated rings. The minimum absolute atomic E-state index is 0.153. The van der Waals surface area contributed by atoms with Gasteiger partial charge in [0.05, 0.1) is 5.39 Å². The maximum atomic E-state index is 12.7. The lowest BCUT2D eigenvalue weighted by Gasteiger charge is -2.10. The summed E-state index contributed by atoms with van der Waals surface area (Å²) in [5, 5.41) is 17.3. The number of hydrogen-bond acceptors (Lipinski definition) is 6. The lowest BCUT2D eigenvalue weighted by molar-refractivity contribution is 0.102. The fourth-order valence-electron chi connectivity index (χ4n) is 4.20. The van der Waals surface area contributed by atoms with Gasteiger partial charge in [-0.05, 0) is 66.9 Å². The standard InChI is InChI=1S/C30H28N4O3/c1-18(2)16-31-28-26-25(21-7-5-9-24(35)15-21)27(37-30(26)33-17-32-28)20-10-12-23(13-11-20)34-29(36)22-8-4-6-19(3)14-22/h4-15,17-18,35H,16H2,1-3H3,(H,34,36)(H,31,32,33). The average molecular weight is 493 g/mol. The van der Waals surface area contributed by atoms with Crippen molar-refractivity contribution in [2.75, 3.05) is 17.2 Å². The van der Waals surface area contributed by atoms with Crippen LogP contribution < -0.4 is 10.6 Å². The van der Waals surface area contributed by atoms with E-state index in [0.717, 1.165) is 34.2 Å². The zero-order valence-corrected chi connectivity index (χ0v) is 20.9. The van der Waals surface area contributed by atoms with E-state index in [9.17, 15) is 9.90 Å². The van der Waals surface area contributed by atoms with Crippen molar-refractivity contribution in [2.24, 2.45) is 5.92 Å². The van der Waals surface area contributed by atoms with Crippen molar-refractivity contribution in [1.82, 2.24) is 9.97 Å². The van der Waals surface area contributed by atoms with Crippen LogP contribution >= 0.6 is 0 Å². The predicted octanol–water partition coefficient (Wildman–Crippen LogP) is 6.89. The molecule has 0 unspecified atom stereocenters. The fraction of sp³-hybridized carbons (Fsp3) is 0.167. The van der Waals surface area contributed by atoms with Gasteiger partial charge in [0.2, 0.25) is 5.71 Å². The number of fused-ring (bicyclic) bond motifs is 1. The Bertz CT molecular complexity index is 1570. The number of anilines is 2. The number of phenolic OH excluding ortho intramolecular Hbond substituents is 1. The molecule has 2 heterocycles. The molecule has 0 radical (unpaired) electrons. The van der Waals surface area contributed by atoms with E-state index < -0.39 is 0 Å². The number of phenols is 1. The van der Waals surface area contributed by atoms with Gasteiger partial charge in [0.15, 0.2) is 0 Å². The van der Waals surface area contributed by atoms with Crippen LogP contribution in [0.1, 0.15) is 29.8 Å². The zero-order valence-electron chi connectivity index (χ0n) is 20.9. The Kier molecular flexibility index (Phi) is 6.60. The molecule has 0 atom stereocenters. The summed E-state index contributed by atoms with van der Waals surface area (Å²) in [6.07, 6.45) is 1.48. The molecule has 1 amide bonds. The minimum atomic E-state index is -0.170. The molecule has 37 heavy (non-hydrogen) atoms. The maximum Gasteiger partial charge on any atom is 0.255 e. The van der Waals surface area contributed by atoms with Crippen LogP contribution in [0.2, 0.25) is 0 Å². The molecule has 3 N–H and O–H groups in total. The number of nitrogens with zero attached hydrogens (tertiary/aromatic N) is 2. The van der Waals surface area contributed by atoms with Gasteiger partial charge in [-0.3, -0.25) is 4.79 Å². The number of aromatic nitrogens is 2. The summed E-state index contributed by atoms with van der Waals surface area (Å²) in [7, 11) is 0. The molecule has 0 aliphatic carbocycles. The van der Waals surface area contributed by atoms with Crippen molar-refractivity contribution in [3.8, 4) is 28.2 Å². The number of benzene rings is 3. The third-order valence-electron chi connectivity index (χ3n) is 5.99. The quantitative estimate of drug-likeness (QED) is 0.229. The van der Waals surface area contributed by atoms with E-state index in [2.05, 4.69) is 34.4 Å². The first-order chi connectivity index (χ1) is 17.9. The SMILES string of the molecule is Cc1cccc(C(=O)Nc2ccc(-c3oc4ncnc(NCC(C)C)c4c3-c3cccc(O)c3)cc2)c1. The minimum Gasteiger partial charge on any atom is -0.508 e. The Morgan fingerprint density at radius 2 is 1.76 bits per heavy atom. The highest BCUT2D eigenvalue weighted by atomic mass is 16.3. The molecule has 7 nitrogen and oxygen atoms in total. The highest BCUT2D eigenvalue weighted by Crippen LogP contribution is 2.43. The molecule has 0 bridgehead atoms. The van der Waals surface area contributed by atoms with E-state index in [-0.39, 0.29) is 11.7 Å². The summed E-state index contributed by atoms with van der Waals surface area (Å²) in [4.78, 5) is 21.5. The van der Waals surface area contributed by atoms with Crippen LogP contribution in [-0.4, -0.2) is 27.5 Å². The van der Waals surface area contributed by atoms with Gasteiger partial charge in [-0.25, -0.2) is 9.97 Å². The van der Waals surface area contributed by atoms with Crippen LogP contribution in [0.4, 0.5) is 11.5 Å². The number of carbonyl (C=O) groups is 1. The van der Waals surface area contributed by atoms with Gasteiger partial charge < -0.3 is 20.2 Å². The Balaban J connectivity index is 1.55. The van der Waals surface area contributed by atoms with Gasteiger partial charge in [-0.15, -0.1) is 0 Å². The summed E-state index contributed by atoms with van der Waals surface area (Å²) in [5.41, 5.74) is 5.13. The molecule has 186 valence electrons. The summed E-state index contributed by atoms with van der Waals surface area (Å²) in [5.74, 6) is 1.68. The van der Waals surface area contributed by atoms with Crippen molar-refractivity contribution >= 4 is 28.5 Å². The lowest BCUT2D eigenvalue weighted by atomic mass is 9.99. The third-order valence-corrected chi connectivity index (χ3v) is 5.99. The van der Waals surface area contributed by atoms with Crippen molar-refractivity contribution < 1.29 is 14.3 Å². The first-order valence-corrected chi connectivity index (χ1v) is 12.2. The van der Waals surface area contributed by atoms with Crippen LogP contribution in [0.15, 0.2) is 83.5 Å². The van der Waals surface area contributed by atoms with E-state index in [1.807, 2.05) is 55.5 Å². The molecule has 2 aromatic heterocycles. The Hall–Kier alpha value is -4.65. The first-order valence-electron chi connectivity index (χ1n) is 12.2. The summed E-state index contributed by atoms with van der Waals surface area (Å²) in [6.45, 7) is 6.95. The second-order valence-corrected chi connectivity index (χ2v) is 9.43. The lowest BCUT2D eigenvalue weighted by Crippen LogP contribution is -2.11. The number of hydrogen-bond donors (Lipinski definition) is 3. The molecule has 5 aromatic rings. The molecule has 0 aliphatic heterocycles. The van der Waals surface area contributed by atoms with Crippen LogP contribution in [-0.2, 0) is 0 Å². The highest BCUT2D eigenvalue weighted by Gasteiger charge is 2.22. The first kappa shape index (κ1) is 24.1. The molecular weight excluding hydrogens is 464 g/mol. The van der Waals surface area contributed by atoms with Crippen LogP contribution in [0.5, 0.6) is 5.75 Å². The zero-order chi connectivity index (χ0) is 25.9. The van der Waals surface area contributed by atoms with Gasteiger partial charge in [0, 0.05) is 28.9 Å². The smallest absolute Gasteiger partial charge is 0.255 e. The summed E-state index contributed by atoms with van der Waals surface area (Å²) < 4.78 is 6.27. The molecular formula is C30H28N4O3. The average Bonchev–Trinajstić information content (AvgIpc) is 3.28. The van der Waals surface area contributed by atoms with E-state index in [0.29, 0.717) is 34.5 Å². The van der Waals surface area contributed by atoms with Gasteiger partial charge in [0.1, 0.15) is 23.7 Å². The Morgan fingerprint density at radius 1 is 0.973 bits per heavy atom. The van der Waals surface area contributed by atoms with E-state index in [1.165, 1.54) is 6.33 Å². The largest absolute Gasteiger partial charge is 0.508 e.